The van der Waals surface area contributed by atoms with Crippen LogP contribution in [0.5, 0.6) is 17.2 Å². The Morgan fingerprint density at radius 1 is 1.14 bits per heavy atom. The van der Waals surface area contributed by atoms with Crippen molar-refractivity contribution in [1.29, 1.82) is 0 Å². The first-order valence-corrected chi connectivity index (χ1v) is 10.1. The maximum absolute atomic E-state index is 12.0. The Kier molecular flexibility index (Phi) is 5.47. The minimum absolute atomic E-state index is 0.00486. The lowest BCUT2D eigenvalue weighted by molar-refractivity contribution is 0.0535. The number of hydrogen-bond acceptors (Lipinski definition) is 5. The number of carbonyl (C=O) groups excluding carboxylic acids is 1. The number of phenols is 1. The molecule has 1 aliphatic heterocycles. The van der Waals surface area contributed by atoms with E-state index in [0.717, 1.165) is 35.4 Å². The zero-order chi connectivity index (χ0) is 20.4. The molecule has 29 heavy (non-hydrogen) atoms. The molecule has 2 aromatic rings. The molecule has 1 saturated carbocycles. The van der Waals surface area contributed by atoms with E-state index in [9.17, 15) is 9.90 Å². The minimum Gasteiger partial charge on any atom is -0.504 e. The van der Waals surface area contributed by atoms with Crippen molar-refractivity contribution in [3.8, 4) is 28.4 Å². The first-order valence-electron chi connectivity index (χ1n) is 10.1. The van der Waals surface area contributed by atoms with E-state index >= 15 is 0 Å². The van der Waals surface area contributed by atoms with Gasteiger partial charge in [-0.1, -0.05) is 44.4 Å². The highest BCUT2D eigenvalue weighted by molar-refractivity contribution is 5.96. The van der Waals surface area contributed by atoms with Gasteiger partial charge >= 0.3 is 5.97 Å². The normalized spacial score (nSPS) is 15.8. The topological polar surface area (TPSA) is 65.0 Å². The molecular formula is C24H26O5. The van der Waals surface area contributed by atoms with Gasteiger partial charge in [-0.15, -0.1) is 0 Å². The van der Waals surface area contributed by atoms with E-state index < -0.39 is 0 Å². The van der Waals surface area contributed by atoms with Crippen molar-refractivity contribution in [2.45, 2.75) is 45.1 Å². The molecule has 0 amide bonds. The third-order valence-corrected chi connectivity index (χ3v) is 5.88. The first kappa shape index (κ1) is 19.4. The molecule has 1 aliphatic carbocycles. The van der Waals surface area contributed by atoms with Gasteiger partial charge in [0.15, 0.2) is 11.5 Å². The number of hydrogen-bond donors (Lipinski definition) is 1. The van der Waals surface area contributed by atoms with Crippen LogP contribution in [0, 0.1) is 5.92 Å². The van der Waals surface area contributed by atoms with E-state index in [2.05, 4.69) is 6.58 Å². The molecule has 2 aliphatic rings. The van der Waals surface area contributed by atoms with E-state index in [-0.39, 0.29) is 24.1 Å². The molecule has 5 nitrogen and oxygen atoms in total. The highest BCUT2D eigenvalue weighted by Crippen LogP contribution is 2.47. The van der Waals surface area contributed by atoms with Crippen molar-refractivity contribution < 1.29 is 24.1 Å². The summed E-state index contributed by atoms with van der Waals surface area (Å²) in [5, 5.41) is 10.3. The van der Waals surface area contributed by atoms with Crippen LogP contribution in [0.1, 0.15) is 54.4 Å². The number of cyclic esters (lactones) is 1. The molecule has 0 aromatic heterocycles. The molecular weight excluding hydrogens is 368 g/mol. The van der Waals surface area contributed by atoms with E-state index in [0.29, 0.717) is 17.1 Å². The van der Waals surface area contributed by atoms with Crippen LogP contribution in [0.2, 0.25) is 0 Å². The van der Waals surface area contributed by atoms with Crippen LogP contribution < -0.4 is 9.47 Å². The summed E-state index contributed by atoms with van der Waals surface area (Å²) in [6.07, 6.45) is 6.98. The van der Waals surface area contributed by atoms with Gasteiger partial charge in [0.25, 0.3) is 0 Å². The van der Waals surface area contributed by atoms with Gasteiger partial charge in [0.2, 0.25) is 5.75 Å². The summed E-state index contributed by atoms with van der Waals surface area (Å²) in [5.41, 5.74) is 2.93. The van der Waals surface area contributed by atoms with Crippen LogP contribution in [0.4, 0.5) is 0 Å². The van der Waals surface area contributed by atoms with Crippen LogP contribution in [-0.2, 0) is 11.3 Å². The Morgan fingerprint density at radius 3 is 2.66 bits per heavy atom. The molecule has 0 unspecified atom stereocenters. The fourth-order valence-corrected chi connectivity index (χ4v) is 4.32. The Balaban J connectivity index is 1.67. The molecule has 5 heteroatoms. The lowest BCUT2D eigenvalue weighted by Crippen LogP contribution is -2.02. The fraction of sp³-hybridized carbons (Fsp3) is 0.375. The van der Waals surface area contributed by atoms with Crippen molar-refractivity contribution in [2.24, 2.45) is 5.92 Å². The SMILES string of the molecule is C=C(CCC1CCCC1)Oc1c(-c2cccc3c2COC3=O)ccc(O)c1OC. The summed E-state index contributed by atoms with van der Waals surface area (Å²) in [5.74, 6) is 1.72. The van der Waals surface area contributed by atoms with E-state index in [1.54, 1.807) is 18.2 Å². The number of benzene rings is 2. The van der Waals surface area contributed by atoms with E-state index in [4.69, 9.17) is 14.2 Å². The second-order valence-electron chi connectivity index (χ2n) is 7.73. The fourth-order valence-electron chi connectivity index (χ4n) is 4.32. The third kappa shape index (κ3) is 3.82. The Labute approximate surface area is 170 Å². The lowest BCUT2D eigenvalue weighted by Gasteiger charge is -2.19. The quantitative estimate of drug-likeness (QED) is 0.489. The van der Waals surface area contributed by atoms with Crippen molar-refractivity contribution in [3.05, 3.63) is 53.8 Å². The highest BCUT2D eigenvalue weighted by atomic mass is 16.5. The van der Waals surface area contributed by atoms with Crippen LogP contribution >= 0.6 is 0 Å². The standard InChI is InChI=1S/C24H26O5/c1-15(10-11-16-6-3-4-7-16)29-22-18(12-13-21(25)23(22)27-2)17-8-5-9-19-20(17)14-28-24(19)26/h5,8-9,12-13,16,25H,1,3-4,6-7,10-11,14H2,2H3. The monoisotopic (exact) mass is 394 g/mol. The summed E-state index contributed by atoms with van der Waals surface area (Å²) in [6.45, 7) is 4.31. The average Bonchev–Trinajstić information content (AvgIpc) is 3.37. The number of aromatic hydroxyl groups is 1. The summed E-state index contributed by atoms with van der Waals surface area (Å²) in [6, 6.07) is 8.83. The molecule has 4 rings (SSSR count). The van der Waals surface area contributed by atoms with Crippen molar-refractivity contribution in [2.75, 3.05) is 7.11 Å². The maximum Gasteiger partial charge on any atom is 0.338 e. The largest absolute Gasteiger partial charge is 0.504 e. The zero-order valence-corrected chi connectivity index (χ0v) is 16.7. The summed E-state index contributed by atoms with van der Waals surface area (Å²) >= 11 is 0. The molecule has 152 valence electrons. The second-order valence-corrected chi connectivity index (χ2v) is 7.73. The van der Waals surface area contributed by atoms with Crippen molar-refractivity contribution in [1.82, 2.24) is 0 Å². The van der Waals surface area contributed by atoms with Crippen LogP contribution in [0.15, 0.2) is 42.7 Å². The Hall–Kier alpha value is -2.95. The number of esters is 1. The molecule has 2 aromatic carbocycles. The number of methoxy groups -OCH3 is 1. The van der Waals surface area contributed by atoms with Gasteiger partial charge < -0.3 is 19.3 Å². The molecule has 0 radical (unpaired) electrons. The van der Waals surface area contributed by atoms with Gasteiger partial charge in [0, 0.05) is 17.5 Å². The summed E-state index contributed by atoms with van der Waals surface area (Å²) < 4.78 is 16.8. The van der Waals surface area contributed by atoms with Gasteiger partial charge in [-0.25, -0.2) is 4.79 Å². The maximum atomic E-state index is 12.0. The second kappa shape index (κ2) is 8.19. The number of allylic oxidation sites excluding steroid dienone is 1. The van der Waals surface area contributed by atoms with Gasteiger partial charge in [-0.05, 0) is 36.1 Å². The molecule has 1 heterocycles. The van der Waals surface area contributed by atoms with Crippen LogP contribution in [-0.4, -0.2) is 18.2 Å². The van der Waals surface area contributed by atoms with Gasteiger partial charge in [-0.2, -0.15) is 0 Å². The van der Waals surface area contributed by atoms with Crippen molar-refractivity contribution >= 4 is 5.97 Å². The Morgan fingerprint density at radius 2 is 1.90 bits per heavy atom. The van der Waals surface area contributed by atoms with Gasteiger partial charge in [-0.3, -0.25) is 0 Å². The smallest absolute Gasteiger partial charge is 0.338 e. The Bertz CT molecular complexity index is 941. The number of carbonyl (C=O) groups is 1. The zero-order valence-electron chi connectivity index (χ0n) is 16.7. The highest BCUT2D eigenvalue weighted by Gasteiger charge is 2.27. The lowest BCUT2D eigenvalue weighted by atomic mass is 9.95. The third-order valence-electron chi connectivity index (χ3n) is 5.88. The van der Waals surface area contributed by atoms with Crippen LogP contribution in [0.25, 0.3) is 11.1 Å². The predicted molar refractivity (Wildman–Crippen MR) is 110 cm³/mol. The molecule has 0 spiro atoms. The van der Waals surface area contributed by atoms with Gasteiger partial charge in [0.1, 0.15) is 6.61 Å². The minimum atomic E-state index is -0.323. The number of fused-ring (bicyclic) bond motifs is 1. The van der Waals surface area contributed by atoms with Crippen molar-refractivity contribution in [3.63, 3.8) is 0 Å². The van der Waals surface area contributed by atoms with E-state index in [1.165, 1.54) is 32.8 Å². The molecule has 0 bridgehead atoms. The predicted octanol–water partition coefficient (Wildman–Crippen LogP) is 5.60. The van der Waals surface area contributed by atoms with Gasteiger partial charge in [0.05, 0.1) is 18.4 Å². The summed E-state index contributed by atoms with van der Waals surface area (Å²) in [7, 11) is 1.50. The first-order chi connectivity index (χ1) is 14.1. The molecule has 0 atom stereocenters. The number of phenolic OH excluding ortho intramolecular Hbond substituents is 1. The van der Waals surface area contributed by atoms with Crippen LogP contribution in [0.3, 0.4) is 0 Å². The molecule has 0 saturated heterocycles. The number of rotatable bonds is 7. The average molecular weight is 394 g/mol. The number of ether oxygens (including phenoxy) is 3. The molecule has 1 fully saturated rings. The summed E-state index contributed by atoms with van der Waals surface area (Å²) in [4.78, 5) is 12.0. The van der Waals surface area contributed by atoms with E-state index in [1.807, 2.05) is 12.1 Å². The molecule has 1 N–H and O–H groups in total.